The first kappa shape index (κ1) is 20.3. The van der Waals surface area contributed by atoms with E-state index in [0.717, 1.165) is 19.3 Å². The first-order valence-electron chi connectivity index (χ1n) is 9.34. The Morgan fingerprint density at radius 1 is 0.909 bits per heavy atom. The van der Waals surface area contributed by atoms with Gasteiger partial charge in [-0.1, -0.05) is 83.5 Å². The number of aliphatic hydroxyl groups is 1. The maximum absolute atomic E-state index is 11.1. The zero-order valence-electron chi connectivity index (χ0n) is 15.4. The van der Waals surface area contributed by atoms with Crippen molar-refractivity contribution in [3.05, 3.63) is 10.6 Å². The van der Waals surface area contributed by atoms with Crippen LogP contribution >= 0.6 is 11.8 Å². The molecule has 3 heteroatoms. The van der Waals surface area contributed by atoms with Gasteiger partial charge in [0, 0.05) is 0 Å². The van der Waals surface area contributed by atoms with Gasteiger partial charge in [0.05, 0.1) is 13.7 Å². The lowest BCUT2D eigenvalue weighted by Gasteiger charge is -2.29. The van der Waals surface area contributed by atoms with E-state index in [1.807, 2.05) is 11.8 Å². The van der Waals surface area contributed by atoms with E-state index in [1.165, 1.54) is 57.8 Å². The third-order valence-corrected chi connectivity index (χ3v) is 9.65. The Bertz CT molecular complexity index is 321. The summed E-state index contributed by atoms with van der Waals surface area (Å²) in [7, 11) is -1.25. The third-order valence-electron chi connectivity index (χ3n) is 4.91. The van der Waals surface area contributed by atoms with Crippen molar-refractivity contribution in [1.82, 2.24) is 0 Å². The highest BCUT2D eigenvalue weighted by molar-refractivity contribution is 8.04. The normalized spacial score (nSPS) is 22.7. The Labute approximate surface area is 144 Å². The monoisotopic (exact) mass is 342 g/mol. The Balaban J connectivity index is 2.65. The number of thioether (sulfide) groups is 1. The molecule has 22 heavy (non-hydrogen) atoms. The number of hydrogen-bond acceptors (Lipinski definition) is 2. The molecule has 0 saturated heterocycles. The first-order chi connectivity index (χ1) is 10.4. The highest BCUT2D eigenvalue weighted by Crippen LogP contribution is 2.31. The molecule has 130 valence electrons. The van der Waals surface area contributed by atoms with E-state index in [-0.39, 0.29) is 0 Å². The smallest absolute Gasteiger partial charge is 0.0853 e. The van der Waals surface area contributed by atoms with Gasteiger partial charge < -0.3 is 5.11 Å². The van der Waals surface area contributed by atoms with E-state index in [2.05, 4.69) is 32.0 Å². The van der Waals surface area contributed by atoms with Crippen LogP contribution in [0.5, 0.6) is 0 Å². The highest BCUT2D eigenvalue weighted by Gasteiger charge is 2.26. The van der Waals surface area contributed by atoms with Crippen molar-refractivity contribution < 1.29 is 5.11 Å². The summed E-state index contributed by atoms with van der Waals surface area (Å²) in [5, 5.41) is 11.1. The second-order valence-corrected chi connectivity index (χ2v) is 14.4. The molecule has 0 heterocycles. The van der Waals surface area contributed by atoms with E-state index in [9.17, 15) is 5.11 Å². The predicted molar refractivity (Wildman–Crippen MR) is 105 cm³/mol. The van der Waals surface area contributed by atoms with Crippen molar-refractivity contribution >= 4 is 19.8 Å². The van der Waals surface area contributed by atoms with Crippen molar-refractivity contribution in [3.8, 4) is 0 Å². The Morgan fingerprint density at radius 3 is 1.68 bits per heavy atom. The molecule has 0 spiro atoms. The number of hydrogen-bond donors (Lipinski definition) is 1. The van der Waals surface area contributed by atoms with Gasteiger partial charge in [0.1, 0.15) is 0 Å². The van der Waals surface area contributed by atoms with Crippen LogP contribution in [0.15, 0.2) is 10.6 Å². The molecular weight excluding hydrogens is 304 g/mol. The third kappa shape index (κ3) is 8.21. The summed E-state index contributed by atoms with van der Waals surface area (Å²) in [6, 6.07) is 0. The van der Waals surface area contributed by atoms with Gasteiger partial charge in [0.25, 0.3) is 0 Å². The highest BCUT2D eigenvalue weighted by atomic mass is 32.2. The average molecular weight is 343 g/mol. The lowest BCUT2D eigenvalue weighted by atomic mass is 9.86. The summed E-state index contributed by atoms with van der Waals surface area (Å²) in [5.41, 5.74) is -0.445. The molecule has 0 aliphatic heterocycles. The van der Waals surface area contributed by atoms with Crippen molar-refractivity contribution in [3.63, 3.8) is 0 Å². The van der Waals surface area contributed by atoms with E-state index < -0.39 is 13.7 Å². The van der Waals surface area contributed by atoms with E-state index in [0.29, 0.717) is 0 Å². The molecule has 1 saturated carbocycles. The number of rotatable bonds is 4. The molecule has 1 aliphatic carbocycles. The minimum Gasteiger partial charge on any atom is -0.390 e. The Kier molecular flexibility index (Phi) is 9.42. The molecule has 1 rings (SSSR count). The fourth-order valence-corrected chi connectivity index (χ4v) is 6.87. The topological polar surface area (TPSA) is 20.2 Å². The van der Waals surface area contributed by atoms with Crippen LogP contribution in [0.25, 0.3) is 0 Å². The van der Waals surface area contributed by atoms with Gasteiger partial charge in [0.2, 0.25) is 0 Å². The van der Waals surface area contributed by atoms with Crippen molar-refractivity contribution in [2.45, 2.75) is 102 Å². The van der Waals surface area contributed by atoms with E-state index in [1.54, 1.807) is 4.53 Å². The minimum absolute atomic E-state index is 0.445. The quantitative estimate of drug-likeness (QED) is 0.585. The van der Waals surface area contributed by atoms with Gasteiger partial charge in [-0.2, -0.15) is 0 Å². The van der Waals surface area contributed by atoms with Crippen LogP contribution in [0.1, 0.15) is 77.0 Å². The lowest BCUT2D eigenvalue weighted by molar-refractivity contribution is 0.0203. The molecule has 1 N–H and O–H groups in total. The zero-order valence-corrected chi connectivity index (χ0v) is 17.2. The Hall–Kier alpha value is 0.267. The van der Waals surface area contributed by atoms with Crippen LogP contribution in [0.2, 0.25) is 19.6 Å². The van der Waals surface area contributed by atoms with E-state index in [4.69, 9.17) is 0 Å². The second kappa shape index (κ2) is 10.2. The summed E-state index contributed by atoms with van der Waals surface area (Å²) in [6.45, 7) is 7.21. The summed E-state index contributed by atoms with van der Waals surface area (Å²) in [4.78, 5) is 0. The van der Waals surface area contributed by atoms with Crippen LogP contribution in [0.3, 0.4) is 0 Å². The van der Waals surface area contributed by atoms with Crippen molar-refractivity contribution in [2.24, 2.45) is 0 Å². The minimum atomic E-state index is -1.25. The average Bonchev–Trinajstić information content (AvgIpc) is 2.42. The largest absolute Gasteiger partial charge is 0.390 e. The van der Waals surface area contributed by atoms with Gasteiger partial charge in [-0.05, 0) is 30.0 Å². The molecule has 0 atom stereocenters. The molecule has 0 unspecified atom stereocenters. The maximum atomic E-state index is 11.1. The second-order valence-electron chi connectivity index (χ2n) is 8.13. The molecule has 0 amide bonds. The molecule has 1 aliphatic rings. The predicted octanol–water partition coefficient (Wildman–Crippen LogP) is 6.54. The van der Waals surface area contributed by atoms with Crippen LogP contribution in [0, 0.1) is 0 Å². The van der Waals surface area contributed by atoms with Crippen LogP contribution < -0.4 is 0 Å². The van der Waals surface area contributed by atoms with Crippen molar-refractivity contribution in [1.29, 1.82) is 0 Å². The molecule has 0 radical (unpaired) electrons. The van der Waals surface area contributed by atoms with Crippen LogP contribution in [-0.2, 0) is 0 Å². The first-order valence-corrected chi connectivity index (χ1v) is 14.1. The van der Waals surface area contributed by atoms with Gasteiger partial charge in [-0.25, -0.2) is 0 Å². The molecule has 0 aromatic rings. The van der Waals surface area contributed by atoms with Crippen LogP contribution in [-0.4, -0.2) is 25.0 Å². The van der Waals surface area contributed by atoms with Crippen LogP contribution in [0.4, 0.5) is 0 Å². The zero-order chi connectivity index (χ0) is 16.5. The lowest BCUT2D eigenvalue weighted by Crippen LogP contribution is -2.29. The molecule has 0 bridgehead atoms. The molecule has 0 aromatic carbocycles. The summed E-state index contributed by atoms with van der Waals surface area (Å²) in [5.74, 6) is 0. The molecule has 0 aromatic heterocycles. The van der Waals surface area contributed by atoms with Gasteiger partial charge >= 0.3 is 0 Å². The van der Waals surface area contributed by atoms with E-state index >= 15 is 0 Å². The molecular formula is C19H38OSSi. The fourth-order valence-electron chi connectivity index (χ4n) is 3.45. The standard InChI is InChI=1S/C19H38OSSi/c1-21-18(22(2,3)4)14-17-19(20)15-12-10-8-6-5-7-9-11-13-16-19/h14,20H,5-13,15-17H2,1-4H3. The summed E-state index contributed by atoms with van der Waals surface area (Å²) >= 11 is 1.90. The Morgan fingerprint density at radius 2 is 1.32 bits per heavy atom. The summed E-state index contributed by atoms with van der Waals surface area (Å²) < 4.78 is 1.55. The van der Waals surface area contributed by atoms with Gasteiger partial charge in [-0.15, -0.1) is 11.8 Å². The maximum Gasteiger partial charge on any atom is 0.0853 e. The molecule has 1 nitrogen and oxygen atoms in total. The fraction of sp³-hybridized carbons (Fsp3) is 0.895. The van der Waals surface area contributed by atoms with Gasteiger partial charge in [0.15, 0.2) is 0 Å². The SMILES string of the molecule is CSC(=CCC1(O)CCCCCCCCCCC1)[Si](C)(C)C. The van der Waals surface area contributed by atoms with Gasteiger partial charge in [-0.3, -0.25) is 0 Å². The van der Waals surface area contributed by atoms with Crippen molar-refractivity contribution in [2.75, 3.05) is 6.26 Å². The molecule has 1 fully saturated rings. The summed E-state index contributed by atoms with van der Waals surface area (Å²) in [6.07, 6.45) is 19.4.